The van der Waals surface area contributed by atoms with Crippen LogP contribution in [0.25, 0.3) is 6.08 Å². The first kappa shape index (κ1) is 22.7. The fraction of sp³-hybridized carbons (Fsp3) is 0.222. The Morgan fingerprint density at radius 3 is 2.68 bits per heavy atom. The average molecular weight is 476 g/mol. The number of nitro benzene ring substituents is 1. The van der Waals surface area contributed by atoms with E-state index in [2.05, 4.69) is 10.3 Å². The van der Waals surface area contributed by atoms with Crippen molar-refractivity contribution in [2.75, 3.05) is 19.1 Å². The topological polar surface area (TPSA) is 104 Å². The number of nitrogens with zero attached hydrogens (tertiary/aromatic N) is 2. The van der Waals surface area contributed by atoms with Crippen molar-refractivity contribution in [1.29, 1.82) is 0 Å². The van der Waals surface area contributed by atoms with Crippen LogP contribution in [0.3, 0.4) is 0 Å². The molecule has 0 bridgehead atoms. The standard InChI is InChI=1S/C18H13ClF3N3O5S/c19-12-6-11(18(20,21)22)8-24-17(12)31-4-3-23-16(26)2-1-10-5-14-15(30-9-29-14)7-13(10)25(27)28/h1-2,5-8H,3-4,9H2,(H,23,26)/b2-1+. The number of aromatic nitrogens is 1. The van der Waals surface area contributed by atoms with E-state index in [0.29, 0.717) is 17.7 Å². The molecule has 1 amide bonds. The third-order valence-corrected chi connectivity index (χ3v) is 5.31. The molecule has 1 aromatic carbocycles. The fourth-order valence-electron chi connectivity index (χ4n) is 2.47. The quantitative estimate of drug-likeness (QED) is 0.209. The summed E-state index contributed by atoms with van der Waals surface area (Å²) in [5.41, 5.74) is -1.02. The molecule has 0 radical (unpaired) electrons. The molecular weight excluding hydrogens is 463 g/mol. The number of nitro groups is 1. The second-order valence-corrected chi connectivity index (χ2v) is 7.49. The van der Waals surface area contributed by atoms with Gasteiger partial charge < -0.3 is 14.8 Å². The first-order valence-corrected chi connectivity index (χ1v) is 9.91. The minimum Gasteiger partial charge on any atom is -0.454 e. The molecule has 2 heterocycles. The summed E-state index contributed by atoms with van der Waals surface area (Å²) in [6.45, 7) is 0.117. The van der Waals surface area contributed by atoms with E-state index >= 15 is 0 Å². The molecule has 13 heteroatoms. The molecule has 0 saturated carbocycles. The lowest BCUT2D eigenvalue weighted by Gasteiger charge is -2.09. The molecular formula is C18H13ClF3N3O5S. The number of ether oxygens (including phenoxy) is 2. The highest BCUT2D eigenvalue weighted by molar-refractivity contribution is 7.99. The van der Waals surface area contributed by atoms with Crippen LogP contribution in [0.15, 0.2) is 35.5 Å². The first-order chi connectivity index (χ1) is 14.6. The number of carbonyl (C=O) groups excluding carboxylic acids is 1. The van der Waals surface area contributed by atoms with Crippen molar-refractivity contribution in [1.82, 2.24) is 10.3 Å². The van der Waals surface area contributed by atoms with Gasteiger partial charge in [-0.3, -0.25) is 14.9 Å². The molecule has 31 heavy (non-hydrogen) atoms. The van der Waals surface area contributed by atoms with Gasteiger partial charge in [0.2, 0.25) is 12.7 Å². The van der Waals surface area contributed by atoms with Crippen LogP contribution in [0.1, 0.15) is 11.1 Å². The zero-order chi connectivity index (χ0) is 22.6. The number of alkyl halides is 3. The van der Waals surface area contributed by atoms with Crippen LogP contribution in [0, 0.1) is 10.1 Å². The largest absolute Gasteiger partial charge is 0.454 e. The number of thioether (sulfide) groups is 1. The summed E-state index contributed by atoms with van der Waals surface area (Å²) in [5.74, 6) is 0.366. The molecule has 0 fully saturated rings. The number of amides is 1. The third kappa shape index (κ3) is 5.79. The molecule has 3 rings (SSSR count). The molecule has 0 aliphatic carbocycles. The van der Waals surface area contributed by atoms with Crippen molar-refractivity contribution in [2.24, 2.45) is 0 Å². The predicted molar refractivity (Wildman–Crippen MR) is 106 cm³/mol. The monoisotopic (exact) mass is 475 g/mol. The van der Waals surface area contributed by atoms with Crippen molar-refractivity contribution >= 4 is 41.0 Å². The number of hydrogen-bond donors (Lipinski definition) is 1. The van der Waals surface area contributed by atoms with E-state index in [1.807, 2.05) is 0 Å². The molecule has 0 saturated heterocycles. The van der Waals surface area contributed by atoms with Crippen LogP contribution in [0.5, 0.6) is 11.5 Å². The predicted octanol–water partition coefficient (Wildman–Crippen LogP) is 4.31. The Bertz CT molecular complexity index is 1050. The molecule has 8 nitrogen and oxygen atoms in total. The Hall–Kier alpha value is -2.99. The van der Waals surface area contributed by atoms with Gasteiger partial charge in [-0.15, -0.1) is 11.8 Å². The Labute approximate surface area is 182 Å². The SMILES string of the molecule is O=C(/C=C/c1cc2c(cc1[N+](=O)[O-])OCO2)NCCSc1ncc(C(F)(F)F)cc1Cl. The summed E-state index contributed by atoms with van der Waals surface area (Å²) in [5, 5.41) is 13.8. The van der Waals surface area contributed by atoms with Crippen molar-refractivity contribution in [3.63, 3.8) is 0 Å². The minimum atomic E-state index is -4.53. The normalized spacial score (nSPS) is 12.9. The van der Waals surface area contributed by atoms with Gasteiger partial charge in [0.25, 0.3) is 5.69 Å². The summed E-state index contributed by atoms with van der Waals surface area (Å²) in [4.78, 5) is 26.3. The van der Waals surface area contributed by atoms with Gasteiger partial charge in [-0.2, -0.15) is 13.2 Å². The molecule has 0 atom stereocenters. The highest BCUT2D eigenvalue weighted by atomic mass is 35.5. The number of pyridine rings is 1. The summed E-state index contributed by atoms with van der Waals surface area (Å²) in [6, 6.07) is 3.41. The molecule has 2 aromatic rings. The lowest BCUT2D eigenvalue weighted by Crippen LogP contribution is -2.23. The van der Waals surface area contributed by atoms with Crippen molar-refractivity contribution in [3.8, 4) is 11.5 Å². The van der Waals surface area contributed by atoms with E-state index in [0.717, 1.165) is 23.9 Å². The van der Waals surface area contributed by atoms with Crippen LogP contribution < -0.4 is 14.8 Å². The van der Waals surface area contributed by atoms with Crippen LogP contribution >= 0.6 is 23.4 Å². The smallest absolute Gasteiger partial charge is 0.417 e. The van der Waals surface area contributed by atoms with E-state index in [4.69, 9.17) is 21.1 Å². The van der Waals surface area contributed by atoms with Crippen LogP contribution in [-0.4, -0.2) is 34.9 Å². The Kier molecular flexibility index (Phi) is 6.91. The van der Waals surface area contributed by atoms with Crippen LogP contribution in [-0.2, 0) is 11.0 Å². The van der Waals surface area contributed by atoms with E-state index in [1.54, 1.807) is 0 Å². The van der Waals surface area contributed by atoms with Gasteiger partial charge in [-0.05, 0) is 18.2 Å². The molecule has 1 aliphatic rings. The van der Waals surface area contributed by atoms with Gasteiger partial charge in [0.1, 0.15) is 5.03 Å². The van der Waals surface area contributed by atoms with Gasteiger partial charge in [0.05, 0.1) is 27.1 Å². The second kappa shape index (κ2) is 9.43. The zero-order valence-corrected chi connectivity index (χ0v) is 17.0. The maximum atomic E-state index is 12.6. The average Bonchev–Trinajstić information content (AvgIpc) is 3.16. The molecule has 1 aromatic heterocycles. The summed E-state index contributed by atoms with van der Waals surface area (Å²) in [6.07, 6.45) is -1.45. The summed E-state index contributed by atoms with van der Waals surface area (Å²) < 4.78 is 48.1. The summed E-state index contributed by atoms with van der Waals surface area (Å²) >= 11 is 6.89. The van der Waals surface area contributed by atoms with E-state index in [-0.39, 0.29) is 40.4 Å². The number of rotatable bonds is 7. The maximum absolute atomic E-state index is 12.6. The van der Waals surface area contributed by atoms with Crippen molar-refractivity contribution in [2.45, 2.75) is 11.2 Å². The molecule has 0 spiro atoms. The van der Waals surface area contributed by atoms with Crippen LogP contribution in [0.2, 0.25) is 5.02 Å². The summed E-state index contributed by atoms with van der Waals surface area (Å²) in [7, 11) is 0. The minimum absolute atomic E-state index is 0.0460. The number of halogens is 4. The molecule has 1 aliphatic heterocycles. The van der Waals surface area contributed by atoms with E-state index < -0.39 is 22.6 Å². The number of hydrogen-bond acceptors (Lipinski definition) is 7. The lowest BCUT2D eigenvalue weighted by molar-refractivity contribution is -0.385. The first-order valence-electron chi connectivity index (χ1n) is 8.54. The van der Waals surface area contributed by atoms with Gasteiger partial charge in [-0.1, -0.05) is 11.6 Å². The second-order valence-electron chi connectivity index (χ2n) is 6.00. The maximum Gasteiger partial charge on any atom is 0.417 e. The van der Waals surface area contributed by atoms with Gasteiger partial charge >= 0.3 is 6.18 Å². The Morgan fingerprint density at radius 1 is 1.32 bits per heavy atom. The van der Waals surface area contributed by atoms with Crippen LogP contribution in [0.4, 0.5) is 18.9 Å². The number of benzene rings is 1. The van der Waals surface area contributed by atoms with E-state index in [9.17, 15) is 28.1 Å². The van der Waals surface area contributed by atoms with Gasteiger partial charge in [0, 0.05) is 24.6 Å². The van der Waals surface area contributed by atoms with Crippen molar-refractivity contribution in [3.05, 3.63) is 56.7 Å². The highest BCUT2D eigenvalue weighted by Crippen LogP contribution is 2.38. The Morgan fingerprint density at radius 2 is 2.03 bits per heavy atom. The van der Waals surface area contributed by atoms with E-state index in [1.165, 1.54) is 18.2 Å². The molecule has 164 valence electrons. The third-order valence-electron chi connectivity index (χ3n) is 3.91. The Balaban J connectivity index is 1.53. The zero-order valence-electron chi connectivity index (χ0n) is 15.4. The van der Waals surface area contributed by atoms with Crippen molar-refractivity contribution < 1.29 is 32.4 Å². The molecule has 1 N–H and O–H groups in total. The lowest BCUT2D eigenvalue weighted by atomic mass is 10.1. The van der Waals surface area contributed by atoms with Gasteiger partial charge in [-0.25, -0.2) is 4.98 Å². The fourth-order valence-corrected chi connectivity index (χ4v) is 3.52. The highest BCUT2D eigenvalue weighted by Gasteiger charge is 2.31. The van der Waals surface area contributed by atoms with Gasteiger partial charge in [0.15, 0.2) is 11.5 Å². The molecule has 0 unspecified atom stereocenters. The number of fused-ring (bicyclic) bond motifs is 1. The number of carbonyl (C=O) groups is 1. The number of nitrogens with one attached hydrogen (secondary N) is 1.